The summed E-state index contributed by atoms with van der Waals surface area (Å²) in [7, 11) is 0. The van der Waals surface area contributed by atoms with Gasteiger partial charge in [0.05, 0.1) is 12.9 Å². The lowest BCUT2D eigenvalue weighted by Gasteiger charge is -2.20. The normalized spacial score (nSPS) is 10.7. The zero-order chi connectivity index (χ0) is 16.8. The van der Waals surface area contributed by atoms with Crippen LogP contribution in [0.1, 0.15) is 16.1 Å². The van der Waals surface area contributed by atoms with E-state index in [1.54, 1.807) is 29.4 Å². The molecule has 124 valence electrons. The number of nitrogens with zero attached hydrogens (tertiary/aromatic N) is 2. The number of aromatic amines is 1. The summed E-state index contributed by atoms with van der Waals surface area (Å²) in [6, 6.07) is 15.2. The summed E-state index contributed by atoms with van der Waals surface area (Å²) in [6.45, 7) is 0.705. The maximum atomic E-state index is 12.6. The summed E-state index contributed by atoms with van der Waals surface area (Å²) in [5.74, 6) is 0.411. The highest BCUT2D eigenvalue weighted by atomic mass is 16.3. The Bertz CT molecular complexity index is 766. The van der Waals surface area contributed by atoms with Crippen LogP contribution in [0.4, 0.5) is 0 Å². The highest BCUT2D eigenvalue weighted by molar-refractivity contribution is 5.93. The lowest BCUT2D eigenvalue weighted by atomic mass is 10.1. The summed E-state index contributed by atoms with van der Waals surface area (Å²) >= 11 is 0. The van der Waals surface area contributed by atoms with E-state index in [0.29, 0.717) is 23.7 Å². The van der Waals surface area contributed by atoms with Gasteiger partial charge >= 0.3 is 0 Å². The first kappa shape index (κ1) is 16.0. The third-order valence-electron chi connectivity index (χ3n) is 3.75. The molecule has 1 aromatic carbocycles. The largest absolute Gasteiger partial charge is 0.463 e. The SMILES string of the molecule is O=C(c1cc(-c2ccco2)[nH]n1)N(CCO)CCc1ccccc1. The summed E-state index contributed by atoms with van der Waals surface area (Å²) in [5.41, 5.74) is 2.10. The molecule has 2 aromatic heterocycles. The molecule has 0 atom stereocenters. The number of carbonyl (C=O) groups excluding carboxylic acids is 1. The Hall–Kier alpha value is -2.86. The van der Waals surface area contributed by atoms with Crippen LogP contribution in [-0.2, 0) is 6.42 Å². The molecule has 0 saturated carbocycles. The number of aliphatic hydroxyl groups excluding tert-OH is 1. The topological polar surface area (TPSA) is 82.4 Å². The van der Waals surface area contributed by atoms with Crippen molar-refractivity contribution in [1.29, 1.82) is 0 Å². The predicted octanol–water partition coefficient (Wildman–Crippen LogP) is 2.35. The first-order valence-corrected chi connectivity index (χ1v) is 7.81. The number of H-pyrrole nitrogens is 1. The third-order valence-corrected chi connectivity index (χ3v) is 3.75. The second kappa shape index (κ2) is 7.61. The van der Waals surface area contributed by atoms with E-state index in [4.69, 9.17) is 4.42 Å². The summed E-state index contributed by atoms with van der Waals surface area (Å²) in [6.07, 6.45) is 2.29. The van der Waals surface area contributed by atoms with Gasteiger partial charge < -0.3 is 14.4 Å². The van der Waals surface area contributed by atoms with Crippen LogP contribution in [-0.4, -0.2) is 45.8 Å². The van der Waals surface area contributed by atoms with Crippen LogP contribution in [0.3, 0.4) is 0 Å². The van der Waals surface area contributed by atoms with E-state index in [1.165, 1.54) is 0 Å². The average Bonchev–Trinajstić information content (AvgIpc) is 3.30. The molecule has 0 aliphatic heterocycles. The van der Waals surface area contributed by atoms with Crippen LogP contribution < -0.4 is 0 Å². The fraction of sp³-hybridized carbons (Fsp3) is 0.222. The summed E-state index contributed by atoms with van der Waals surface area (Å²) < 4.78 is 5.29. The minimum absolute atomic E-state index is 0.0873. The molecule has 3 aromatic rings. The molecule has 1 amide bonds. The van der Waals surface area contributed by atoms with Crippen molar-refractivity contribution in [2.75, 3.05) is 19.7 Å². The summed E-state index contributed by atoms with van der Waals surface area (Å²) in [4.78, 5) is 14.2. The van der Waals surface area contributed by atoms with E-state index >= 15 is 0 Å². The predicted molar refractivity (Wildman–Crippen MR) is 89.4 cm³/mol. The molecular formula is C18H19N3O3. The Morgan fingerprint density at radius 2 is 2.00 bits per heavy atom. The van der Waals surface area contributed by atoms with Crippen molar-refractivity contribution in [3.05, 3.63) is 66.1 Å². The van der Waals surface area contributed by atoms with Crippen LogP contribution in [0.2, 0.25) is 0 Å². The Morgan fingerprint density at radius 3 is 2.71 bits per heavy atom. The number of furan rings is 1. The maximum absolute atomic E-state index is 12.6. The quantitative estimate of drug-likeness (QED) is 0.698. The van der Waals surface area contributed by atoms with Crippen molar-refractivity contribution in [2.45, 2.75) is 6.42 Å². The molecule has 0 saturated heterocycles. The van der Waals surface area contributed by atoms with Gasteiger partial charge in [-0.05, 0) is 24.1 Å². The van der Waals surface area contributed by atoms with E-state index in [2.05, 4.69) is 10.2 Å². The fourth-order valence-corrected chi connectivity index (χ4v) is 2.50. The van der Waals surface area contributed by atoms with Gasteiger partial charge in [-0.25, -0.2) is 0 Å². The number of amides is 1. The molecule has 2 heterocycles. The van der Waals surface area contributed by atoms with Crippen LogP contribution in [0.5, 0.6) is 0 Å². The van der Waals surface area contributed by atoms with E-state index in [1.807, 2.05) is 30.3 Å². The second-order valence-electron chi connectivity index (χ2n) is 5.40. The number of aromatic nitrogens is 2. The number of rotatable bonds is 7. The Labute approximate surface area is 139 Å². The Kier molecular flexibility index (Phi) is 5.08. The Balaban J connectivity index is 1.70. The van der Waals surface area contributed by atoms with E-state index < -0.39 is 0 Å². The van der Waals surface area contributed by atoms with Gasteiger partial charge in [-0.2, -0.15) is 5.10 Å². The molecule has 0 radical (unpaired) electrons. The van der Waals surface area contributed by atoms with Gasteiger partial charge in [0.2, 0.25) is 0 Å². The van der Waals surface area contributed by atoms with Crippen molar-refractivity contribution in [3.63, 3.8) is 0 Å². The molecule has 3 rings (SSSR count). The van der Waals surface area contributed by atoms with Gasteiger partial charge in [-0.3, -0.25) is 9.89 Å². The molecule has 0 spiro atoms. The molecule has 0 aliphatic rings. The molecular weight excluding hydrogens is 306 g/mol. The minimum atomic E-state index is -0.214. The lowest BCUT2D eigenvalue weighted by molar-refractivity contribution is 0.0718. The van der Waals surface area contributed by atoms with Crippen molar-refractivity contribution >= 4 is 5.91 Å². The standard InChI is InChI=1S/C18H19N3O3/c22-11-10-21(9-8-14-5-2-1-3-6-14)18(23)16-13-15(19-20-16)17-7-4-12-24-17/h1-7,12-13,22H,8-11H2,(H,19,20). The number of nitrogens with one attached hydrogen (secondary N) is 1. The molecule has 0 fully saturated rings. The number of hydrogen-bond acceptors (Lipinski definition) is 4. The third kappa shape index (κ3) is 3.72. The maximum Gasteiger partial charge on any atom is 0.274 e. The van der Waals surface area contributed by atoms with Gasteiger partial charge in [-0.1, -0.05) is 30.3 Å². The van der Waals surface area contributed by atoms with E-state index in [9.17, 15) is 9.90 Å². The van der Waals surface area contributed by atoms with Gasteiger partial charge in [0.15, 0.2) is 11.5 Å². The molecule has 0 bridgehead atoms. The highest BCUT2D eigenvalue weighted by Gasteiger charge is 2.19. The zero-order valence-electron chi connectivity index (χ0n) is 13.2. The molecule has 2 N–H and O–H groups in total. The summed E-state index contributed by atoms with van der Waals surface area (Å²) in [5, 5.41) is 16.1. The van der Waals surface area contributed by atoms with Crippen molar-refractivity contribution in [1.82, 2.24) is 15.1 Å². The molecule has 0 unspecified atom stereocenters. The molecule has 6 heteroatoms. The van der Waals surface area contributed by atoms with Crippen LogP contribution in [0.15, 0.2) is 59.2 Å². The van der Waals surface area contributed by atoms with Crippen molar-refractivity contribution in [3.8, 4) is 11.5 Å². The van der Waals surface area contributed by atoms with Crippen LogP contribution in [0, 0.1) is 0 Å². The fourth-order valence-electron chi connectivity index (χ4n) is 2.50. The molecule has 24 heavy (non-hydrogen) atoms. The van der Waals surface area contributed by atoms with Crippen molar-refractivity contribution < 1.29 is 14.3 Å². The van der Waals surface area contributed by atoms with Gasteiger partial charge in [0, 0.05) is 19.2 Å². The number of aliphatic hydroxyl groups is 1. The number of benzene rings is 1. The van der Waals surface area contributed by atoms with E-state index in [0.717, 1.165) is 12.0 Å². The zero-order valence-corrected chi connectivity index (χ0v) is 13.2. The Morgan fingerprint density at radius 1 is 1.17 bits per heavy atom. The minimum Gasteiger partial charge on any atom is -0.463 e. The second-order valence-corrected chi connectivity index (χ2v) is 5.40. The first-order valence-electron chi connectivity index (χ1n) is 7.81. The van der Waals surface area contributed by atoms with E-state index in [-0.39, 0.29) is 19.1 Å². The number of hydrogen-bond donors (Lipinski definition) is 2. The average molecular weight is 325 g/mol. The van der Waals surface area contributed by atoms with Crippen LogP contribution >= 0.6 is 0 Å². The van der Waals surface area contributed by atoms with Crippen molar-refractivity contribution in [2.24, 2.45) is 0 Å². The molecule has 6 nitrogen and oxygen atoms in total. The number of carbonyl (C=O) groups is 1. The molecule has 0 aliphatic carbocycles. The monoisotopic (exact) mass is 325 g/mol. The smallest absolute Gasteiger partial charge is 0.274 e. The highest BCUT2D eigenvalue weighted by Crippen LogP contribution is 2.18. The first-order chi connectivity index (χ1) is 11.8. The van der Waals surface area contributed by atoms with Gasteiger partial charge in [0.25, 0.3) is 5.91 Å². The van der Waals surface area contributed by atoms with Gasteiger partial charge in [-0.15, -0.1) is 0 Å². The lowest BCUT2D eigenvalue weighted by Crippen LogP contribution is -2.35. The van der Waals surface area contributed by atoms with Gasteiger partial charge in [0.1, 0.15) is 5.69 Å². The van der Waals surface area contributed by atoms with Crippen LogP contribution in [0.25, 0.3) is 11.5 Å².